The molecule has 0 rings (SSSR count). The fraction of sp³-hybridized carbons (Fsp3) is 0.833. The summed E-state index contributed by atoms with van der Waals surface area (Å²) in [5.74, 6) is -0.227. The van der Waals surface area contributed by atoms with E-state index in [1.165, 1.54) is 0 Å². The van der Waals surface area contributed by atoms with Crippen LogP contribution in [-0.2, 0) is 15.6 Å². The third-order valence-electron chi connectivity index (χ3n) is 1.06. The van der Waals surface area contributed by atoms with E-state index >= 15 is 0 Å². The first-order chi connectivity index (χ1) is 5.13. The second kappa shape index (κ2) is 6.30. The Hall–Kier alpha value is -0.420. The maximum absolute atomic E-state index is 10.5. The van der Waals surface area contributed by atoms with E-state index in [9.17, 15) is 9.00 Å². The van der Waals surface area contributed by atoms with Crippen molar-refractivity contribution in [2.24, 2.45) is 0 Å². The van der Waals surface area contributed by atoms with Gasteiger partial charge in [0, 0.05) is 22.8 Å². The zero-order chi connectivity index (χ0) is 8.69. The maximum atomic E-state index is 10.5. The molecule has 0 aliphatic heterocycles. The van der Waals surface area contributed by atoms with Crippen molar-refractivity contribution in [3.05, 3.63) is 0 Å². The van der Waals surface area contributed by atoms with E-state index in [2.05, 4.69) is 5.32 Å². The van der Waals surface area contributed by atoms with E-state index < -0.39 is 16.8 Å². The Balaban J connectivity index is 3.03. The minimum Gasteiger partial charge on any atom is -0.480 e. The van der Waals surface area contributed by atoms with Gasteiger partial charge in [0.2, 0.25) is 0 Å². The molecule has 5 heteroatoms. The van der Waals surface area contributed by atoms with Crippen LogP contribution in [0, 0.1) is 0 Å². The quantitative estimate of drug-likeness (QED) is 0.536. The highest BCUT2D eigenvalue weighted by Crippen LogP contribution is 1.80. The van der Waals surface area contributed by atoms with Gasteiger partial charge in [0.15, 0.2) is 0 Å². The van der Waals surface area contributed by atoms with Gasteiger partial charge in [-0.2, -0.15) is 0 Å². The highest BCUT2D eigenvalue weighted by Gasteiger charge is 1.95. The number of carbonyl (C=O) groups is 1. The molecule has 0 amide bonds. The molecular weight excluding hydrogens is 166 g/mol. The van der Waals surface area contributed by atoms with Crippen molar-refractivity contribution >= 4 is 16.8 Å². The molecule has 4 nitrogen and oxygen atoms in total. The molecular formula is C6H13NO3S. The lowest BCUT2D eigenvalue weighted by Crippen LogP contribution is -2.24. The van der Waals surface area contributed by atoms with Crippen LogP contribution in [0.1, 0.15) is 6.42 Å². The van der Waals surface area contributed by atoms with Crippen molar-refractivity contribution in [3.8, 4) is 0 Å². The fourth-order valence-electron chi connectivity index (χ4n) is 0.596. The molecule has 2 N–H and O–H groups in total. The van der Waals surface area contributed by atoms with Crippen LogP contribution >= 0.6 is 0 Å². The zero-order valence-corrected chi connectivity index (χ0v) is 7.32. The molecule has 0 saturated heterocycles. The van der Waals surface area contributed by atoms with Gasteiger partial charge in [-0.3, -0.25) is 9.00 Å². The average molecular weight is 179 g/mol. The highest BCUT2D eigenvalue weighted by molar-refractivity contribution is 7.84. The van der Waals surface area contributed by atoms with Crippen molar-refractivity contribution in [3.63, 3.8) is 0 Å². The molecule has 0 aliphatic carbocycles. The monoisotopic (exact) mass is 179 g/mol. The number of aliphatic carboxylic acids is 1. The summed E-state index contributed by atoms with van der Waals surface area (Å²) in [7, 11) is -0.767. The smallest absolute Gasteiger partial charge is 0.317 e. The standard InChI is InChI=1S/C6H13NO3S/c1-11(10)4-2-3-7-5-6(8)9/h7H,2-5H2,1H3,(H,8,9). The number of hydrogen-bond acceptors (Lipinski definition) is 3. The van der Waals surface area contributed by atoms with Gasteiger partial charge in [0.05, 0.1) is 6.54 Å². The SMILES string of the molecule is CS(=O)CCCNCC(=O)O. The van der Waals surface area contributed by atoms with Gasteiger partial charge >= 0.3 is 5.97 Å². The minimum atomic E-state index is -0.859. The lowest BCUT2D eigenvalue weighted by atomic mass is 10.5. The Kier molecular flexibility index (Phi) is 6.06. The predicted molar refractivity (Wildman–Crippen MR) is 44.1 cm³/mol. The Morgan fingerprint density at radius 3 is 2.73 bits per heavy atom. The summed E-state index contributed by atoms with van der Waals surface area (Å²) in [5.41, 5.74) is 0. The third-order valence-corrected chi connectivity index (χ3v) is 1.93. The van der Waals surface area contributed by atoms with Crippen molar-refractivity contribution in [1.29, 1.82) is 0 Å². The van der Waals surface area contributed by atoms with Crippen LogP contribution in [0.5, 0.6) is 0 Å². The largest absolute Gasteiger partial charge is 0.480 e. The second-order valence-corrected chi connectivity index (χ2v) is 3.76. The third kappa shape index (κ3) is 9.58. The molecule has 0 aromatic rings. The summed E-state index contributed by atoms with van der Waals surface area (Å²) >= 11 is 0. The molecule has 0 fully saturated rings. The molecule has 0 bridgehead atoms. The molecule has 1 unspecified atom stereocenters. The molecule has 0 spiro atoms. The molecule has 66 valence electrons. The molecule has 0 aliphatic rings. The summed E-state index contributed by atoms with van der Waals surface area (Å²) in [5, 5.41) is 10.9. The van der Waals surface area contributed by atoms with Crippen LogP contribution in [0.4, 0.5) is 0 Å². The molecule has 0 saturated carbocycles. The molecule has 0 aromatic carbocycles. The molecule has 0 aromatic heterocycles. The van der Waals surface area contributed by atoms with Crippen LogP contribution in [-0.4, -0.2) is 40.4 Å². The predicted octanol–water partition coefficient (Wildman–Crippen LogP) is -0.571. The van der Waals surface area contributed by atoms with Gasteiger partial charge in [0.25, 0.3) is 0 Å². The fourth-order valence-corrected chi connectivity index (χ4v) is 1.15. The van der Waals surface area contributed by atoms with Crippen molar-refractivity contribution in [1.82, 2.24) is 5.32 Å². The summed E-state index contributed by atoms with van der Waals surface area (Å²) in [6.45, 7) is 0.599. The maximum Gasteiger partial charge on any atom is 0.317 e. The minimum absolute atomic E-state index is 0.0175. The summed E-state index contributed by atoms with van der Waals surface area (Å²) in [6.07, 6.45) is 2.40. The summed E-state index contributed by atoms with van der Waals surface area (Å²) in [6, 6.07) is 0. The van der Waals surface area contributed by atoms with Crippen molar-refractivity contribution < 1.29 is 14.1 Å². The Bertz CT molecular complexity index is 133. The Morgan fingerprint density at radius 2 is 2.27 bits per heavy atom. The first-order valence-corrected chi connectivity index (χ1v) is 5.08. The lowest BCUT2D eigenvalue weighted by Gasteiger charge is -1.98. The van der Waals surface area contributed by atoms with Gasteiger partial charge in [-0.05, 0) is 13.0 Å². The Morgan fingerprint density at radius 1 is 1.64 bits per heavy atom. The molecule has 1 atom stereocenters. The van der Waals surface area contributed by atoms with Gasteiger partial charge < -0.3 is 10.4 Å². The van der Waals surface area contributed by atoms with E-state index in [0.29, 0.717) is 12.3 Å². The number of hydrogen-bond donors (Lipinski definition) is 2. The average Bonchev–Trinajstić information content (AvgIpc) is 1.85. The number of carboxylic acids is 1. The topological polar surface area (TPSA) is 66.4 Å². The van der Waals surface area contributed by atoms with Crippen LogP contribution in [0.3, 0.4) is 0 Å². The lowest BCUT2D eigenvalue weighted by molar-refractivity contribution is -0.135. The van der Waals surface area contributed by atoms with Crippen molar-refractivity contribution in [2.75, 3.05) is 25.1 Å². The van der Waals surface area contributed by atoms with Crippen LogP contribution in [0.2, 0.25) is 0 Å². The summed E-state index contributed by atoms with van der Waals surface area (Å²) in [4.78, 5) is 9.97. The number of carboxylic acid groups (broad SMARTS) is 1. The van der Waals surface area contributed by atoms with E-state index in [1.54, 1.807) is 6.26 Å². The first-order valence-electron chi connectivity index (χ1n) is 3.35. The first kappa shape index (κ1) is 10.6. The molecule has 11 heavy (non-hydrogen) atoms. The second-order valence-electron chi connectivity index (χ2n) is 2.20. The van der Waals surface area contributed by atoms with E-state index in [1.807, 2.05) is 0 Å². The van der Waals surface area contributed by atoms with E-state index in [4.69, 9.17) is 5.11 Å². The summed E-state index contributed by atoms with van der Waals surface area (Å²) < 4.78 is 10.5. The van der Waals surface area contributed by atoms with E-state index in [-0.39, 0.29) is 6.54 Å². The van der Waals surface area contributed by atoms with Crippen LogP contribution in [0.25, 0.3) is 0 Å². The van der Waals surface area contributed by atoms with Gasteiger partial charge in [0.1, 0.15) is 0 Å². The molecule has 0 radical (unpaired) electrons. The Labute approximate surface area is 68.4 Å². The van der Waals surface area contributed by atoms with Crippen LogP contribution in [0.15, 0.2) is 0 Å². The van der Waals surface area contributed by atoms with E-state index in [0.717, 1.165) is 6.42 Å². The van der Waals surface area contributed by atoms with Crippen molar-refractivity contribution in [2.45, 2.75) is 6.42 Å². The normalized spacial score (nSPS) is 12.8. The van der Waals surface area contributed by atoms with Crippen LogP contribution < -0.4 is 5.32 Å². The highest BCUT2D eigenvalue weighted by atomic mass is 32.2. The van der Waals surface area contributed by atoms with Gasteiger partial charge in [-0.1, -0.05) is 0 Å². The van der Waals surface area contributed by atoms with Gasteiger partial charge in [-0.15, -0.1) is 0 Å². The number of rotatable bonds is 6. The number of nitrogens with one attached hydrogen (secondary N) is 1. The zero-order valence-electron chi connectivity index (χ0n) is 6.50. The van der Waals surface area contributed by atoms with Gasteiger partial charge in [-0.25, -0.2) is 0 Å². The molecule has 0 heterocycles.